The molecule has 1 N–H and O–H groups in total. The molecule has 0 amide bonds. The van der Waals surface area contributed by atoms with Crippen molar-refractivity contribution >= 4 is 12.0 Å². The van der Waals surface area contributed by atoms with Gasteiger partial charge in [-0.1, -0.05) is 12.1 Å². The number of benzene rings is 1. The number of rotatable bonds is 7. The van der Waals surface area contributed by atoms with E-state index in [1.165, 1.54) is 6.08 Å². The Morgan fingerprint density at radius 1 is 1.33 bits per heavy atom. The van der Waals surface area contributed by atoms with Crippen molar-refractivity contribution in [2.45, 2.75) is 6.92 Å². The van der Waals surface area contributed by atoms with Crippen LogP contribution in [0.2, 0.25) is 0 Å². The van der Waals surface area contributed by atoms with Crippen molar-refractivity contribution in [1.29, 1.82) is 0 Å². The molecule has 0 saturated heterocycles. The summed E-state index contributed by atoms with van der Waals surface area (Å²) >= 11 is 0. The summed E-state index contributed by atoms with van der Waals surface area (Å²) in [6, 6.07) is 7.54. The van der Waals surface area contributed by atoms with Crippen LogP contribution in [-0.2, 0) is 9.53 Å². The minimum absolute atomic E-state index is 0.327. The molecule has 0 aliphatic heterocycles. The lowest BCUT2D eigenvalue weighted by Crippen LogP contribution is -2.15. The maximum Gasteiger partial charge on any atom is 0.330 e. The zero-order chi connectivity index (χ0) is 13.2. The van der Waals surface area contributed by atoms with Crippen molar-refractivity contribution in [2.24, 2.45) is 0 Å². The number of carbonyl (C=O) groups excluding carboxylic acids is 1. The van der Waals surface area contributed by atoms with E-state index in [1.807, 2.05) is 31.3 Å². The van der Waals surface area contributed by atoms with Crippen LogP contribution in [0.5, 0.6) is 5.75 Å². The Kier molecular flexibility index (Phi) is 6.58. The average molecular weight is 249 g/mol. The van der Waals surface area contributed by atoms with Gasteiger partial charge in [0.25, 0.3) is 0 Å². The van der Waals surface area contributed by atoms with Crippen molar-refractivity contribution in [3.63, 3.8) is 0 Å². The van der Waals surface area contributed by atoms with Gasteiger partial charge in [0.15, 0.2) is 0 Å². The topological polar surface area (TPSA) is 47.6 Å². The number of nitrogens with one attached hydrogen (secondary N) is 1. The Bertz CT molecular complexity index is 385. The molecule has 0 unspecified atom stereocenters. The van der Waals surface area contributed by atoms with Crippen LogP contribution in [0, 0.1) is 0 Å². The molecule has 0 saturated carbocycles. The normalized spacial score (nSPS) is 10.6. The summed E-state index contributed by atoms with van der Waals surface area (Å²) in [7, 11) is 1.88. The molecule has 0 atom stereocenters. The van der Waals surface area contributed by atoms with E-state index in [9.17, 15) is 4.79 Å². The largest absolute Gasteiger partial charge is 0.492 e. The summed E-state index contributed by atoms with van der Waals surface area (Å²) in [6.45, 7) is 3.61. The fourth-order valence-corrected chi connectivity index (χ4v) is 1.30. The second-order valence-corrected chi connectivity index (χ2v) is 3.61. The highest BCUT2D eigenvalue weighted by molar-refractivity contribution is 5.87. The van der Waals surface area contributed by atoms with Crippen LogP contribution in [-0.4, -0.2) is 32.8 Å². The molecule has 18 heavy (non-hydrogen) atoms. The van der Waals surface area contributed by atoms with Crippen molar-refractivity contribution in [3.8, 4) is 5.75 Å². The van der Waals surface area contributed by atoms with Crippen molar-refractivity contribution in [3.05, 3.63) is 35.9 Å². The standard InChI is InChI=1S/C14H19NO3/c1-3-17-14(16)9-6-12-4-7-13(8-5-12)18-11-10-15-2/h4-9,15H,3,10-11H2,1-2H3. The minimum atomic E-state index is -0.327. The van der Waals surface area contributed by atoms with E-state index in [-0.39, 0.29) is 5.97 Å². The van der Waals surface area contributed by atoms with Crippen LogP contribution in [0.3, 0.4) is 0 Å². The van der Waals surface area contributed by atoms with Crippen molar-refractivity contribution in [1.82, 2.24) is 5.32 Å². The second kappa shape index (κ2) is 8.31. The molecule has 0 spiro atoms. The first-order chi connectivity index (χ1) is 8.76. The predicted molar refractivity (Wildman–Crippen MR) is 71.5 cm³/mol. The fourth-order valence-electron chi connectivity index (χ4n) is 1.30. The number of carbonyl (C=O) groups is 1. The maximum absolute atomic E-state index is 11.1. The van der Waals surface area contributed by atoms with E-state index in [0.717, 1.165) is 17.9 Å². The lowest BCUT2D eigenvalue weighted by molar-refractivity contribution is -0.137. The van der Waals surface area contributed by atoms with Gasteiger partial charge in [-0.15, -0.1) is 0 Å². The molecule has 0 heterocycles. The monoisotopic (exact) mass is 249 g/mol. The third kappa shape index (κ3) is 5.50. The van der Waals surface area contributed by atoms with Gasteiger partial charge in [0.05, 0.1) is 6.61 Å². The van der Waals surface area contributed by atoms with Gasteiger partial charge in [-0.25, -0.2) is 4.79 Å². The van der Waals surface area contributed by atoms with E-state index in [4.69, 9.17) is 9.47 Å². The summed E-state index contributed by atoms with van der Waals surface area (Å²) in [4.78, 5) is 11.1. The highest BCUT2D eigenvalue weighted by Gasteiger charge is 1.95. The van der Waals surface area contributed by atoms with Gasteiger partial charge in [0.1, 0.15) is 12.4 Å². The smallest absolute Gasteiger partial charge is 0.330 e. The highest BCUT2D eigenvalue weighted by Crippen LogP contribution is 2.13. The molecular formula is C14H19NO3. The van der Waals surface area contributed by atoms with E-state index >= 15 is 0 Å². The third-order valence-electron chi connectivity index (χ3n) is 2.20. The summed E-state index contributed by atoms with van der Waals surface area (Å²) in [6.07, 6.45) is 3.13. The molecule has 0 bridgehead atoms. The number of esters is 1. The zero-order valence-electron chi connectivity index (χ0n) is 10.8. The van der Waals surface area contributed by atoms with Gasteiger partial charge >= 0.3 is 5.97 Å². The Balaban J connectivity index is 2.47. The third-order valence-corrected chi connectivity index (χ3v) is 2.20. The molecule has 0 aliphatic rings. The first-order valence-corrected chi connectivity index (χ1v) is 5.98. The summed E-state index contributed by atoms with van der Waals surface area (Å²) in [5.74, 6) is 0.491. The Labute approximate surface area is 108 Å². The second-order valence-electron chi connectivity index (χ2n) is 3.61. The summed E-state index contributed by atoms with van der Waals surface area (Å²) < 4.78 is 10.3. The number of hydrogen-bond acceptors (Lipinski definition) is 4. The van der Waals surface area contributed by atoms with Crippen LogP contribution < -0.4 is 10.1 Å². The predicted octanol–water partition coefficient (Wildman–Crippen LogP) is 1.86. The molecule has 4 heteroatoms. The van der Waals surface area contributed by atoms with E-state index < -0.39 is 0 Å². The first kappa shape index (κ1) is 14.3. The molecule has 4 nitrogen and oxygen atoms in total. The van der Waals surface area contributed by atoms with Crippen LogP contribution in [0.4, 0.5) is 0 Å². The lowest BCUT2D eigenvalue weighted by Gasteiger charge is -2.05. The molecule has 0 fully saturated rings. The Hall–Kier alpha value is -1.81. The summed E-state index contributed by atoms with van der Waals surface area (Å²) in [5, 5.41) is 3.01. The first-order valence-electron chi connectivity index (χ1n) is 5.98. The van der Waals surface area contributed by atoms with Crippen LogP contribution in [0.15, 0.2) is 30.3 Å². The fraction of sp³-hybridized carbons (Fsp3) is 0.357. The highest BCUT2D eigenvalue weighted by atomic mass is 16.5. The number of hydrogen-bond donors (Lipinski definition) is 1. The Morgan fingerprint density at radius 3 is 2.67 bits per heavy atom. The van der Waals surface area contributed by atoms with Gasteiger partial charge in [-0.05, 0) is 37.7 Å². The minimum Gasteiger partial charge on any atom is -0.492 e. The molecule has 98 valence electrons. The quantitative estimate of drug-likeness (QED) is 0.455. The molecule has 0 radical (unpaired) electrons. The zero-order valence-corrected chi connectivity index (χ0v) is 10.8. The Morgan fingerprint density at radius 2 is 2.06 bits per heavy atom. The van der Waals surface area contributed by atoms with Crippen molar-refractivity contribution < 1.29 is 14.3 Å². The molecular weight excluding hydrogens is 230 g/mol. The summed E-state index contributed by atoms with van der Waals surface area (Å²) in [5.41, 5.74) is 0.934. The molecule has 1 aromatic carbocycles. The molecule has 1 aromatic rings. The van der Waals surface area contributed by atoms with Gasteiger partial charge in [0.2, 0.25) is 0 Å². The van der Waals surface area contributed by atoms with E-state index in [1.54, 1.807) is 13.0 Å². The lowest BCUT2D eigenvalue weighted by atomic mass is 10.2. The van der Waals surface area contributed by atoms with E-state index in [2.05, 4.69) is 5.32 Å². The van der Waals surface area contributed by atoms with Crippen LogP contribution in [0.25, 0.3) is 6.08 Å². The van der Waals surface area contributed by atoms with Crippen LogP contribution >= 0.6 is 0 Å². The molecule has 1 rings (SSSR count). The van der Waals surface area contributed by atoms with Gasteiger partial charge < -0.3 is 14.8 Å². The molecule has 0 aliphatic carbocycles. The van der Waals surface area contributed by atoms with Gasteiger partial charge in [-0.3, -0.25) is 0 Å². The van der Waals surface area contributed by atoms with E-state index in [0.29, 0.717) is 13.2 Å². The van der Waals surface area contributed by atoms with Gasteiger partial charge in [0, 0.05) is 12.6 Å². The van der Waals surface area contributed by atoms with Crippen molar-refractivity contribution in [2.75, 3.05) is 26.8 Å². The van der Waals surface area contributed by atoms with Crippen LogP contribution in [0.1, 0.15) is 12.5 Å². The molecule has 0 aromatic heterocycles. The average Bonchev–Trinajstić information content (AvgIpc) is 2.38. The van der Waals surface area contributed by atoms with Gasteiger partial charge in [-0.2, -0.15) is 0 Å². The SMILES string of the molecule is CCOC(=O)C=Cc1ccc(OCCNC)cc1. The maximum atomic E-state index is 11.1. The number of ether oxygens (including phenoxy) is 2. The number of likely N-dealkylation sites (N-methyl/N-ethyl adjacent to an activating group) is 1.